The lowest BCUT2D eigenvalue weighted by Crippen LogP contribution is -2.07. The van der Waals surface area contributed by atoms with Crippen LogP contribution in [0.2, 0.25) is 5.02 Å². The third-order valence-corrected chi connectivity index (χ3v) is 6.03. The molecule has 0 amide bonds. The number of pyridine rings is 1. The van der Waals surface area contributed by atoms with Crippen molar-refractivity contribution in [3.63, 3.8) is 0 Å². The van der Waals surface area contributed by atoms with E-state index in [4.69, 9.17) is 25.6 Å². The Morgan fingerprint density at radius 3 is 2.77 bits per heavy atom. The van der Waals surface area contributed by atoms with Gasteiger partial charge >= 0.3 is 5.97 Å². The van der Waals surface area contributed by atoms with Crippen LogP contribution in [0.25, 0.3) is 33.7 Å². The molecule has 9 heteroatoms. The molecule has 0 aliphatic rings. The maximum absolute atomic E-state index is 11.9. The van der Waals surface area contributed by atoms with Gasteiger partial charge in [0, 0.05) is 29.8 Å². The maximum atomic E-state index is 11.9. The Balaban J connectivity index is 1.61. The molecular weight excluding hydrogens is 468 g/mol. The van der Waals surface area contributed by atoms with Gasteiger partial charge in [0.1, 0.15) is 5.02 Å². The van der Waals surface area contributed by atoms with Gasteiger partial charge in [0.2, 0.25) is 11.7 Å². The van der Waals surface area contributed by atoms with Crippen molar-refractivity contribution in [2.45, 2.75) is 59.0 Å². The number of aromatic nitrogens is 4. The van der Waals surface area contributed by atoms with E-state index in [1.165, 1.54) is 5.56 Å². The quantitative estimate of drug-likeness (QED) is 0.248. The highest BCUT2D eigenvalue weighted by Gasteiger charge is 2.20. The second kappa shape index (κ2) is 10.9. The minimum absolute atomic E-state index is 0.0375. The highest BCUT2D eigenvalue weighted by atomic mass is 35.5. The molecule has 0 bridgehead atoms. The molecule has 0 spiro atoms. The first-order chi connectivity index (χ1) is 16.9. The van der Waals surface area contributed by atoms with Crippen LogP contribution in [-0.2, 0) is 9.53 Å². The van der Waals surface area contributed by atoms with Crippen molar-refractivity contribution in [1.82, 2.24) is 20.1 Å². The third-order valence-electron chi connectivity index (χ3n) is 5.76. The van der Waals surface area contributed by atoms with E-state index >= 15 is 0 Å². The van der Waals surface area contributed by atoms with Crippen LogP contribution >= 0.6 is 11.6 Å². The molecule has 0 saturated heterocycles. The van der Waals surface area contributed by atoms with Gasteiger partial charge < -0.3 is 19.0 Å². The van der Waals surface area contributed by atoms with Crippen LogP contribution in [0.4, 0.5) is 0 Å². The van der Waals surface area contributed by atoms with E-state index in [0.717, 1.165) is 29.3 Å². The second-order valence-electron chi connectivity index (χ2n) is 8.52. The van der Waals surface area contributed by atoms with Crippen molar-refractivity contribution in [3.05, 3.63) is 47.2 Å². The minimum Gasteiger partial charge on any atom is -0.474 e. The van der Waals surface area contributed by atoms with Crippen LogP contribution in [0.15, 0.2) is 41.2 Å². The van der Waals surface area contributed by atoms with Crippen molar-refractivity contribution in [2.24, 2.45) is 0 Å². The standard InChI is InChI=1S/C26H29ClN4O4/c1-5-16(7-10-22(32)33-6-2)18-8-9-20(23-19(18)11-12-28-23)24-30-25(35-31-24)17-13-21(27)26(29-14-17)34-15(3)4/h8-9,11-16,28H,5-7,10H2,1-4H3. The van der Waals surface area contributed by atoms with E-state index < -0.39 is 0 Å². The number of hydrogen-bond acceptors (Lipinski definition) is 7. The number of fused-ring (bicyclic) bond motifs is 1. The smallest absolute Gasteiger partial charge is 0.305 e. The number of halogens is 1. The minimum atomic E-state index is -0.161. The molecule has 3 heterocycles. The number of esters is 1. The topological polar surface area (TPSA) is 103 Å². The van der Waals surface area contributed by atoms with Gasteiger partial charge in [-0.05, 0) is 63.3 Å². The van der Waals surface area contributed by atoms with Gasteiger partial charge in [0.15, 0.2) is 0 Å². The number of nitrogens with one attached hydrogen (secondary N) is 1. The number of carbonyl (C=O) groups excluding carboxylic acids is 1. The predicted octanol–water partition coefficient (Wildman–Crippen LogP) is 6.56. The summed E-state index contributed by atoms with van der Waals surface area (Å²) in [4.78, 5) is 24.1. The summed E-state index contributed by atoms with van der Waals surface area (Å²) in [6.07, 6.45) is 5.49. The molecule has 4 aromatic rings. The molecule has 0 fully saturated rings. The summed E-state index contributed by atoms with van der Waals surface area (Å²) in [5, 5.41) is 5.65. The molecule has 0 aliphatic carbocycles. The lowest BCUT2D eigenvalue weighted by Gasteiger charge is -2.17. The summed E-state index contributed by atoms with van der Waals surface area (Å²) in [5.74, 6) is 1.20. The molecule has 3 aromatic heterocycles. The van der Waals surface area contributed by atoms with Crippen LogP contribution < -0.4 is 4.74 Å². The fraction of sp³-hybridized carbons (Fsp3) is 0.385. The Morgan fingerprint density at radius 2 is 2.06 bits per heavy atom. The van der Waals surface area contributed by atoms with E-state index in [9.17, 15) is 4.79 Å². The molecule has 1 N–H and O–H groups in total. The summed E-state index contributed by atoms with van der Waals surface area (Å²) in [7, 11) is 0. The number of H-pyrrole nitrogens is 1. The fourth-order valence-corrected chi connectivity index (χ4v) is 4.34. The Labute approximate surface area is 209 Å². The molecule has 35 heavy (non-hydrogen) atoms. The van der Waals surface area contributed by atoms with Crippen LogP contribution in [-0.4, -0.2) is 38.8 Å². The molecule has 1 atom stereocenters. The monoisotopic (exact) mass is 496 g/mol. The number of benzene rings is 1. The fourth-order valence-electron chi connectivity index (χ4n) is 4.13. The first kappa shape index (κ1) is 24.7. The summed E-state index contributed by atoms with van der Waals surface area (Å²) in [5.41, 5.74) is 3.52. The normalized spacial score (nSPS) is 12.3. The first-order valence-corrected chi connectivity index (χ1v) is 12.2. The Morgan fingerprint density at radius 1 is 1.23 bits per heavy atom. The Kier molecular flexibility index (Phi) is 7.70. The van der Waals surface area contributed by atoms with Gasteiger partial charge in [-0.2, -0.15) is 4.98 Å². The van der Waals surface area contributed by atoms with Crippen LogP contribution in [0.5, 0.6) is 5.88 Å². The maximum Gasteiger partial charge on any atom is 0.305 e. The molecule has 4 rings (SSSR count). The van der Waals surface area contributed by atoms with E-state index in [1.807, 2.05) is 39.1 Å². The molecule has 0 radical (unpaired) electrons. The lowest BCUT2D eigenvalue weighted by molar-refractivity contribution is -0.143. The summed E-state index contributed by atoms with van der Waals surface area (Å²) < 4.78 is 16.2. The molecule has 1 aromatic carbocycles. The molecule has 184 valence electrons. The van der Waals surface area contributed by atoms with Gasteiger partial charge in [-0.25, -0.2) is 4.98 Å². The molecule has 1 unspecified atom stereocenters. The zero-order valence-electron chi connectivity index (χ0n) is 20.3. The van der Waals surface area contributed by atoms with Crippen molar-refractivity contribution < 1.29 is 18.8 Å². The lowest BCUT2D eigenvalue weighted by atomic mass is 9.88. The van der Waals surface area contributed by atoms with Crippen molar-refractivity contribution in [3.8, 4) is 28.7 Å². The molecule has 0 aliphatic heterocycles. The predicted molar refractivity (Wildman–Crippen MR) is 134 cm³/mol. The summed E-state index contributed by atoms with van der Waals surface area (Å²) in [6, 6.07) is 7.81. The van der Waals surface area contributed by atoms with Gasteiger partial charge in [-0.1, -0.05) is 29.7 Å². The number of carbonyl (C=O) groups is 1. The van der Waals surface area contributed by atoms with E-state index in [1.54, 1.807) is 12.3 Å². The van der Waals surface area contributed by atoms with Gasteiger partial charge in [-0.15, -0.1) is 0 Å². The Hall–Kier alpha value is -3.39. The third kappa shape index (κ3) is 5.48. The van der Waals surface area contributed by atoms with Crippen molar-refractivity contribution in [2.75, 3.05) is 6.61 Å². The summed E-state index contributed by atoms with van der Waals surface area (Å²) in [6.45, 7) is 8.17. The SMILES string of the molecule is CCOC(=O)CCC(CC)c1ccc(-c2noc(-c3cnc(OC(C)C)c(Cl)c3)n2)c2[nH]ccc12. The average molecular weight is 497 g/mol. The number of hydrogen-bond donors (Lipinski definition) is 1. The Bertz CT molecular complexity index is 1310. The molecule has 8 nitrogen and oxygen atoms in total. The average Bonchev–Trinajstić information content (AvgIpc) is 3.51. The molecule has 0 saturated carbocycles. The second-order valence-corrected chi connectivity index (χ2v) is 8.93. The van der Waals surface area contributed by atoms with E-state index in [-0.39, 0.29) is 18.0 Å². The highest BCUT2D eigenvalue weighted by molar-refractivity contribution is 6.32. The molecular formula is C26H29ClN4O4. The van der Waals surface area contributed by atoms with Gasteiger partial charge in [-0.3, -0.25) is 4.79 Å². The number of aromatic amines is 1. The van der Waals surface area contributed by atoms with Gasteiger partial charge in [0.05, 0.1) is 23.8 Å². The van der Waals surface area contributed by atoms with E-state index in [0.29, 0.717) is 41.2 Å². The van der Waals surface area contributed by atoms with Crippen LogP contribution in [0.3, 0.4) is 0 Å². The van der Waals surface area contributed by atoms with Gasteiger partial charge in [0.25, 0.3) is 5.89 Å². The van der Waals surface area contributed by atoms with Crippen molar-refractivity contribution >= 4 is 28.5 Å². The zero-order valence-corrected chi connectivity index (χ0v) is 21.1. The number of nitrogens with zero attached hydrogens (tertiary/aromatic N) is 3. The first-order valence-electron chi connectivity index (χ1n) is 11.8. The van der Waals surface area contributed by atoms with Crippen LogP contribution in [0.1, 0.15) is 58.4 Å². The number of rotatable bonds is 10. The van der Waals surface area contributed by atoms with Crippen molar-refractivity contribution in [1.29, 1.82) is 0 Å². The zero-order chi connectivity index (χ0) is 24.9. The van der Waals surface area contributed by atoms with Crippen LogP contribution in [0, 0.1) is 0 Å². The highest BCUT2D eigenvalue weighted by Crippen LogP contribution is 2.36. The number of ether oxygens (including phenoxy) is 2. The largest absolute Gasteiger partial charge is 0.474 e. The summed E-state index contributed by atoms with van der Waals surface area (Å²) >= 11 is 6.32. The van der Waals surface area contributed by atoms with E-state index in [2.05, 4.69) is 33.1 Å².